The quantitative estimate of drug-likeness (QED) is 0.227. The number of nitrogens with zero attached hydrogens (tertiary/aromatic N) is 1. The van der Waals surface area contributed by atoms with Gasteiger partial charge in [-0.25, -0.2) is 17.2 Å². The van der Waals surface area contributed by atoms with Crippen LogP contribution in [0, 0.1) is 23.3 Å². The molecule has 0 aliphatic carbocycles. The van der Waals surface area contributed by atoms with Crippen molar-refractivity contribution in [1.82, 2.24) is 9.88 Å². The minimum atomic E-state index is -3.85. The standard InChI is InChI=1S/C23H25F4N3O8S/c1-3-8-39(36,37)29-14-6-5-7-30(23(14)35)16(4-2)22(34)28-15(10-18(32)33)17(31)11-38-21-19(26)12(24)9-13(25)20(21)27/h5-7,9,15-16,29H,3-4,8,10-11H2,1-2H3,(H,28,34)(H,32,33)/t15-,16-/m0/s1. The summed E-state index contributed by atoms with van der Waals surface area (Å²) in [4.78, 5) is 49.7. The lowest BCUT2D eigenvalue weighted by Crippen LogP contribution is -2.48. The van der Waals surface area contributed by atoms with Crippen LogP contribution in [-0.4, -0.2) is 54.2 Å². The first-order valence-electron chi connectivity index (χ1n) is 11.4. The summed E-state index contributed by atoms with van der Waals surface area (Å²) >= 11 is 0. The lowest BCUT2D eigenvalue weighted by Gasteiger charge is -2.22. The van der Waals surface area contributed by atoms with Gasteiger partial charge in [-0.05, 0) is 25.0 Å². The van der Waals surface area contributed by atoms with Gasteiger partial charge in [-0.1, -0.05) is 13.8 Å². The molecule has 214 valence electrons. The summed E-state index contributed by atoms with van der Waals surface area (Å²) in [5.41, 5.74) is -1.25. The number of nitrogens with one attached hydrogen (secondary N) is 2. The Labute approximate surface area is 219 Å². The van der Waals surface area contributed by atoms with Crippen molar-refractivity contribution in [2.24, 2.45) is 0 Å². The van der Waals surface area contributed by atoms with E-state index in [1.165, 1.54) is 25.3 Å². The molecule has 3 N–H and O–H groups in total. The predicted molar refractivity (Wildman–Crippen MR) is 129 cm³/mol. The van der Waals surface area contributed by atoms with Crippen LogP contribution < -0.4 is 20.3 Å². The molecule has 0 aliphatic heterocycles. The molecule has 2 atom stereocenters. The molecule has 39 heavy (non-hydrogen) atoms. The minimum absolute atomic E-state index is 0.0691. The van der Waals surface area contributed by atoms with Crippen molar-refractivity contribution in [3.05, 3.63) is 58.0 Å². The Hall–Kier alpha value is -3.95. The molecule has 0 unspecified atom stereocenters. The van der Waals surface area contributed by atoms with Gasteiger partial charge < -0.3 is 19.7 Å². The van der Waals surface area contributed by atoms with Gasteiger partial charge in [0.05, 0.1) is 12.2 Å². The number of carboxylic acid groups (broad SMARTS) is 1. The number of anilines is 1. The van der Waals surface area contributed by atoms with E-state index in [-0.39, 0.29) is 30.3 Å². The van der Waals surface area contributed by atoms with Crippen LogP contribution in [0.4, 0.5) is 23.2 Å². The number of benzene rings is 1. The average molecular weight is 580 g/mol. The number of carbonyl (C=O) groups excluding carboxylic acids is 2. The van der Waals surface area contributed by atoms with Crippen LogP contribution in [0.25, 0.3) is 0 Å². The Kier molecular flexibility index (Phi) is 10.6. The maximum absolute atomic E-state index is 13.8. The Morgan fingerprint density at radius 2 is 1.72 bits per heavy atom. The number of carboxylic acids is 1. The monoisotopic (exact) mass is 579 g/mol. The molecule has 11 nitrogen and oxygen atoms in total. The van der Waals surface area contributed by atoms with Crippen LogP contribution >= 0.6 is 0 Å². The Morgan fingerprint density at radius 1 is 1.10 bits per heavy atom. The summed E-state index contributed by atoms with van der Waals surface area (Å²) in [5.74, 6) is -13.1. The summed E-state index contributed by atoms with van der Waals surface area (Å²) < 4.78 is 86.1. The Morgan fingerprint density at radius 3 is 2.26 bits per heavy atom. The highest BCUT2D eigenvalue weighted by Crippen LogP contribution is 2.26. The third-order valence-electron chi connectivity index (χ3n) is 5.25. The van der Waals surface area contributed by atoms with Gasteiger partial charge in [0, 0.05) is 12.3 Å². The number of carbonyl (C=O) groups is 3. The van der Waals surface area contributed by atoms with E-state index in [1.54, 1.807) is 6.92 Å². The van der Waals surface area contributed by atoms with Crippen molar-refractivity contribution in [3.8, 4) is 5.75 Å². The molecule has 1 aromatic carbocycles. The first-order valence-corrected chi connectivity index (χ1v) is 13.1. The first kappa shape index (κ1) is 31.3. The molecule has 2 aromatic rings. The van der Waals surface area contributed by atoms with E-state index < -0.39 is 87.4 Å². The fourth-order valence-corrected chi connectivity index (χ4v) is 4.57. The van der Waals surface area contributed by atoms with Gasteiger partial charge in [-0.2, -0.15) is 8.78 Å². The van der Waals surface area contributed by atoms with Gasteiger partial charge in [0.1, 0.15) is 24.4 Å². The topological polar surface area (TPSA) is 161 Å². The molecule has 0 saturated carbocycles. The highest BCUT2D eigenvalue weighted by atomic mass is 32.2. The maximum Gasteiger partial charge on any atom is 0.305 e. The molecule has 0 radical (unpaired) electrons. The Balaban J connectivity index is 2.28. The number of ether oxygens (including phenoxy) is 1. The molecular formula is C23H25F4N3O8S. The number of hydrogen-bond acceptors (Lipinski definition) is 7. The molecule has 16 heteroatoms. The number of ketones is 1. The third kappa shape index (κ3) is 8.02. The molecule has 2 rings (SSSR count). The van der Waals surface area contributed by atoms with Crippen molar-refractivity contribution >= 4 is 33.4 Å². The van der Waals surface area contributed by atoms with Crippen LogP contribution in [0.5, 0.6) is 5.75 Å². The van der Waals surface area contributed by atoms with Crippen molar-refractivity contribution in [1.29, 1.82) is 0 Å². The molecule has 0 fully saturated rings. The van der Waals surface area contributed by atoms with Gasteiger partial charge in [0.25, 0.3) is 5.56 Å². The molecule has 1 amide bonds. The second kappa shape index (κ2) is 13.2. The summed E-state index contributed by atoms with van der Waals surface area (Å²) in [6.07, 6.45) is 0.361. The fraction of sp³-hybridized carbons (Fsp3) is 0.391. The van der Waals surface area contributed by atoms with Gasteiger partial charge in [-0.15, -0.1) is 0 Å². The van der Waals surface area contributed by atoms with Crippen LogP contribution in [0.1, 0.15) is 39.2 Å². The van der Waals surface area contributed by atoms with Crippen LogP contribution in [-0.2, 0) is 24.4 Å². The molecular weight excluding hydrogens is 554 g/mol. The van der Waals surface area contributed by atoms with Crippen molar-refractivity contribution in [2.45, 2.75) is 45.2 Å². The van der Waals surface area contributed by atoms with Crippen molar-refractivity contribution in [2.75, 3.05) is 17.1 Å². The molecule has 0 aliphatic rings. The average Bonchev–Trinajstić information content (AvgIpc) is 2.84. The van der Waals surface area contributed by atoms with Gasteiger partial charge in [0.15, 0.2) is 23.2 Å². The summed E-state index contributed by atoms with van der Waals surface area (Å²) in [6.45, 7) is 1.81. The molecule has 1 aromatic heterocycles. The number of aromatic nitrogens is 1. The second-order valence-corrected chi connectivity index (χ2v) is 10.0. The largest absolute Gasteiger partial charge is 0.481 e. The molecule has 0 spiro atoms. The number of Topliss-reactive ketones (excluding diaryl/α,β-unsaturated/α-hetero) is 1. The lowest BCUT2D eigenvalue weighted by atomic mass is 10.1. The number of halogens is 4. The van der Waals surface area contributed by atoms with Crippen LogP contribution in [0.2, 0.25) is 0 Å². The van der Waals surface area contributed by atoms with E-state index in [0.717, 1.165) is 4.57 Å². The number of aliphatic carboxylic acids is 1. The van der Waals surface area contributed by atoms with E-state index in [2.05, 4.69) is 14.8 Å². The molecule has 0 bridgehead atoms. The zero-order chi connectivity index (χ0) is 29.5. The first-order chi connectivity index (χ1) is 18.2. The summed E-state index contributed by atoms with van der Waals surface area (Å²) in [6, 6.07) is -0.793. The van der Waals surface area contributed by atoms with E-state index in [4.69, 9.17) is 5.11 Å². The van der Waals surface area contributed by atoms with Gasteiger partial charge >= 0.3 is 5.97 Å². The third-order valence-corrected chi connectivity index (χ3v) is 6.73. The summed E-state index contributed by atoms with van der Waals surface area (Å²) in [7, 11) is -3.85. The van der Waals surface area contributed by atoms with Gasteiger partial charge in [-0.3, -0.25) is 23.9 Å². The van der Waals surface area contributed by atoms with Crippen LogP contribution in [0.3, 0.4) is 0 Å². The maximum atomic E-state index is 13.8. The number of rotatable bonds is 14. The Bertz CT molecular complexity index is 1390. The zero-order valence-corrected chi connectivity index (χ0v) is 21.5. The number of sulfonamides is 1. The lowest BCUT2D eigenvalue weighted by molar-refractivity contribution is -0.140. The van der Waals surface area contributed by atoms with E-state index in [1.807, 2.05) is 0 Å². The number of hydrogen-bond donors (Lipinski definition) is 3. The predicted octanol–water partition coefficient (Wildman–Crippen LogP) is 2.12. The number of pyridine rings is 1. The van der Waals surface area contributed by atoms with Crippen molar-refractivity contribution in [3.63, 3.8) is 0 Å². The zero-order valence-electron chi connectivity index (χ0n) is 20.7. The smallest absolute Gasteiger partial charge is 0.305 e. The van der Waals surface area contributed by atoms with E-state index in [9.17, 15) is 45.2 Å². The highest BCUT2D eigenvalue weighted by molar-refractivity contribution is 7.92. The second-order valence-electron chi connectivity index (χ2n) is 8.19. The summed E-state index contributed by atoms with van der Waals surface area (Å²) in [5, 5.41) is 11.3. The van der Waals surface area contributed by atoms with Gasteiger partial charge in [0.2, 0.25) is 27.6 Å². The number of amides is 1. The fourth-order valence-electron chi connectivity index (χ4n) is 3.44. The normalized spacial score (nSPS) is 12.9. The van der Waals surface area contributed by atoms with E-state index in [0.29, 0.717) is 0 Å². The van der Waals surface area contributed by atoms with E-state index >= 15 is 0 Å². The molecule has 0 saturated heterocycles. The SMILES string of the molecule is CCCS(=O)(=O)Nc1cccn([C@@H](CC)C(=O)N[C@@H](CC(=O)O)C(=O)COc2c(F)c(F)cc(F)c2F)c1=O. The molecule has 1 heterocycles. The van der Waals surface area contributed by atoms with Crippen molar-refractivity contribution < 1.29 is 50.2 Å². The van der Waals surface area contributed by atoms with Crippen LogP contribution in [0.15, 0.2) is 29.2 Å². The minimum Gasteiger partial charge on any atom is -0.481 e. The highest BCUT2D eigenvalue weighted by Gasteiger charge is 2.30.